The first-order valence-electron chi connectivity index (χ1n) is 10.7. The quantitative estimate of drug-likeness (QED) is 0.676. The first kappa shape index (κ1) is 22.9. The molecular formula is C21H31F2N3O3S. The van der Waals surface area contributed by atoms with Crippen LogP contribution in [-0.2, 0) is 10.0 Å². The molecule has 2 aliphatic rings. The van der Waals surface area contributed by atoms with Gasteiger partial charge in [-0.1, -0.05) is 0 Å². The molecule has 1 aromatic rings. The highest BCUT2D eigenvalue weighted by molar-refractivity contribution is 7.90. The molecule has 6 nitrogen and oxygen atoms in total. The molecule has 0 unspecified atom stereocenters. The minimum atomic E-state index is -3.28. The lowest BCUT2D eigenvalue weighted by Crippen LogP contribution is -2.41. The number of sulfonamides is 1. The van der Waals surface area contributed by atoms with E-state index in [0.29, 0.717) is 31.2 Å². The van der Waals surface area contributed by atoms with Gasteiger partial charge in [0.2, 0.25) is 10.0 Å². The lowest BCUT2D eigenvalue weighted by Gasteiger charge is -2.29. The van der Waals surface area contributed by atoms with Gasteiger partial charge in [-0.05, 0) is 70.4 Å². The third-order valence-electron chi connectivity index (χ3n) is 6.04. The summed E-state index contributed by atoms with van der Waals surface area (Å²) in [5.41, 5.74) is -0.175. The van der Waals surface area contributed by atoms with Gasteiger partial charge >= 0.3 is 0 Å². The van der Waals surface area contributed by atoms with Crippen molar-refractivity contribution >= 4 is 21.6 Å². The van der Waals surface area contributed by atoms with Crippen molar-refractivity contribution in [2.24, 2.45) is 5.92 Å². The summed E-state index contributed by atoms with van der Waals surface area (Å²) in [5.74, 6) is -1.99. The molecule has 1 amide bonds. The van der Waals surface area contributed by atoms with Crippen LogP contribution in [-0.4, -0.2) is 50.2 Å². The summed E-state index contributed by atoms with van der Waals surface area (Å²) in [7, 11) is -3.28. The Morgan fingerprint density at radius 2 is 1.67 bits per heavy atom. The van der Waals surface area contributed by atoms with Gasteiger partial charge in [0.25, 0.3) is 5.91 Å². The maximum atomic E-state index is 14.5. The maximum Gasteiger partial charge on any atom is 0.259 e. The van der Waals surface area contributed by atoms with Crippen LogP contribution in [0.4, 0.5) is 14.5 Å². The highest BCUT2D eigenvalue weighted by atomic mass is 32.2. The number of amides is 1. The van der Waals surface area contributed by atoms with E-state index < -0.39 is 38.4 Å². The summed E-state index contributed by atoms with van der Waals surface area (Å²) in [6, 6.07) is 2.29. The predicted octanol–water partition coefficient (Wildman–Crippen LogP) is 3.50. The number of rotatable bonds is 7. The summed E-state index contributed by atoms with van der Waals surface area (Å²) in [6.45, 7) is 4.92. The van der Waals surface area contributed by atoms with Crippen LogP contribution in [0.15, 0.2) is 12.1 Å². The van der Waals surface area contributed by atoms with E-state index in [1.807, 2.05) is 0 Å². The Hall–Kier alpha value is -1.74. The summed E-state index contributed by atoms with van der Waals surface area (Å²) in [6.07, 6.45) is 4.85. The van der Waals surface area contributed by atoms with Gasteiger partial charge in [-0.15, -0.1) is 0 Å². The molecule has 0 spiro atoms. The van der Waals surface area contributed by atoms with Gasteiger partial charge in [0.1, 0.15) is 17.2 Å². The Kier molecular flexibility index (Phi) is 7.34. The molecule has 3 rings (SSSR count). The number of benzene rings is 1. The Morgan fingerprint density at radius 3 is 2.20 bits per heavy atom. The molecule has 2 fully saturated rings. The van der Waals surface area contributed by atoms with Gasteiger partial charge in [0.15, 0.2) is 0 Å². The molecule has 9 heteroatoms. The van der Waals surface area contributed by atoms with E-state index in [1.54, 1.807) is 13.8 Å². The SMILES string of the molecule is CC(C)S(=O)(=O)NC1CCC(CNc2cc(F)c(C(=O)N3CCCC3)c(F)c2)CC1. The van der Waals surface area contributed by atoms with Gasteiger partial charge in [-0.2, -0.15) is 0 Å². The number of anilines is 1. The second-order valence-electron chi connectivity index (χ2n) is 8.62. The molecule has 1 aliphatic carbocycles. The molecule has 1 aliphatic heterocycles. The van der Waals surface area contributed by atoms with Crippen molar-refractivity contribution in [1.29, 1.82) is 0 Å². The topological polar surface area (TPSA) is 78.5 Å². The van der Waals surface area contributed by atoms with Crippen LogP contribution in [0.25, 0.3) is 0 Å². The van der Waals surface area contributed by atoms with Gasteiger partial charge in [-0.3, -0.25) is 4.79 Å². The third-order valence-corrected chi connectivity index (χ3v) is 7.95. The minimum absolute atomic E-state index is 0.0561. The van der Waals surface area contributed by atoms with Crippen LogP contribution < -0.4 is 10.0 Å². The van der Waals surface area contributed by atoms with E-state index in [0.717, 1.165) is 38.5 Å². The lowest BCUT2D eigenvalue weighted by atomic mass is 9.86. The van der Waals surface area contributed by atoms with Crippen LogP contribution in [0.1, 0.15) is 62.7 Å². The van der Waals surface area contributed by atoms with Crippen LogP contribution in [0.3, 0.4) is 0 Å². The number of carbonyl (C=O) groups is 1. The number of halogens is 2. The zero-order valence-electron chi connectivity index (χ0n) is 17.6. The Labute approximate surface area is 177 Å². The summed E-state index contributed by atoms with van der Waals surface area (Å²) < 4.78 is 55.7. The fourth-order valence-electron chi connectivity index (χ4n) is 4.07. The average Bonchev–Trinajstić information content (AvgIpc) is 3.21. The van der Waals surface area contributed by atoms with Gasteiger partial charge in [-0.25, -0.2) is 21.9 Å². The second-order valence-corrected chi connectivity index (χ2v) is 10.9. The molecule has 30 heavy (non-hydrogen) atoms. The fourth-order valence-corrected chi connectivity index (χ4v) is 5.05. The second kappa shape index (κ2) is 9.60. The summed E-state index contributed by atoms with van der Waals surface area (Å²) >= 11 is 0. The van der Waals surface area contributed by atoms with Crippen molar-refractivity contribution in [3.8, 4) is 0 Å². The molecule has 1 saturated heterocycles. The molecule has 1 aromatic carbocycles. The highest BCUT2D eigenvalue weighted by Gasteiger charge is 2.28. The number of likely N-dealkylation sites (tertiary alicyclic amines) is 1. The number of nitrogens with zero attached hydrogens (tertiary/aromatic N) is 1. The van der Waals surface area contributed by atoms with E-state index in [2.05, 4.69) is 10.0 Å². The monoisotopic (exact) mass is 443 g/mol. The van der Waals surface area contributed by atoms with Crippen LogP contribution in [0.5, 0.6) is 0 Å². The number of hydrogen-bond donors (Lipinski definition) is 2. The molecule has 0 bridgehead atoms. The maximum absolute atomic E-state index is 14.5. The normalized spacial score (nSPS) is 22.5. The van der Waals surface area contributed by atoms with Crippen molar-refractivity contribution in [2.75, 3.05) is 25.0 Å². The molecule has 0 aromatic heterocycles. The lowest BCUT2D eigenvalue weighted by molar-refractivity contribution is 0.0783. The fraction of sp³-hybridized carbons (Fsp3) is 0.667. The van der Waals surface area contributed by atoms with Gasteiger partial charge < -0.3 is 10.2 Å². The zero-order chi connectivity index (χ0) is 21.9. The van der Waals surface area contributed by atoms with E-state index >= 15 is 0 Å². The molecular weight excluding hydrogens is 412 g/mol. The Bertz CT molecular complexity index is 839. The predicted molar refractivity (Wildman–Crippen MR) is 113 cm³/mol. The van der Waals surface area contributed by atoms with Gasteiger partial charge in [0.05, 0.1) is 5.25 Å². The smallest absolute Gasteiger partial charge is 0.259 e. The van der Waals surface area contributed by atoms with Crippen molar-refractivity contribution in [2.45, 2.75) is 63.7 Å². The molecule has 2 N–H and O–H groups in total. The van der Waals surface area contributed by atoms with Crippen molar-refractivity contribution < 1.29 is 22.0 Å². The molecule has 1 saturated carbocycles. The van der Waals surface area contributed by atoms with E-state index in [1.165, 1.54) is 17.0 Å². The van der Waals surface area contributed by atoms with E-state index in [9.17, 15) is 22.0 Å². The average molecular weight is 444 g/mol. The number of carbonyl (C=O) groups excluding carboxylic acids is 1. The molecule has 1 heterocycles. The summed E-state index contributed by atoms with van der Waals surface area (Å²) in [4.78, 5) is 13.8. The van der Waals surface area contributed by atoms with Crippen molar-refractivity contribution in [1.82, 2.24) is 9.62 Å². The third kappa shape index (κ3) is 5.49. The first-order chi connectivity index (χ1) is 14.2. The van der Waals surface area contributed by atoms with Crippen LogP contribution in [0, 0.1) is 17.6 Å². The number of nitrogens with one attached hydrogen (secondary N) is 2. The highest BCUT2D eigenvalue weighted by Crippen LogP contribution is 2.27. The van der Waals surface area contributed by atoms with Crippen LogP contribution >= 0.6 is 0 Å². The zero-order valence-corrected chi connectivity index (χ0v) is 18.4. The van der Waals surface area contributed by atoms with Crippen molar-refractivity contribution in [3.05, 3.63) is 29.3 Å². The van der Waals surface area contributed by atoms with Crippen LogP contribution in [0.2, 0.25) is 0 Å². The molecule has 168 valence electrons. The Morgan fingerprint density at radius 1 is 1.10 bits per heavy atom. The largest absolute Gasteiger partial charge is 0.385 e. The van der Waals surface area contributed by atoms with E-state index in [4.69, 9.17) is 0 Å². The molecule has 0 radical (unpaired) electrons. The minimum Gasteiger partial charge on any atom is -0.385 e. The van der Waals surface area contributed by atoms with Crippen molar-refractivity contribution in [3.63, 3.8) is 0 Å². The van der Waals surface area contributed by atoms with Gasteiger partial charge in [0, 0.05) is 31.4 Å². The summed E-state index contributed by atoms with van der Waals surface area (Å²) in [5, 5.41) is 2.61. The Balaban J connectivity index is 1.52. The van der Waals surface area contributed by atoms with E-state index in [-0.39, 0.29) is 6.04 Å². The first-order valence-corrected chi connectivity index (χ1v) is 12.3. The number of hydrogen-bond acceptors (Lipinski definition) is 4. The standard InChI is InChI=1S/C21H31F2N3O3S/c1-14(2)30(28,29)25-16-7-5-15(6-8-16)13-24-17-11-18(22)20(19(23)12-17)21(27)26-9-3-4-10-26/h11-12,14-16,24-25H,3-10,13H2,1-2H3. The molecule has 0 atom stereocenters.